The van der Waals surface area contributed by atoms with Crippen LogP contribution in [0.15, 0.2) is 18.2 Å². The molecule has 0 saturated heterocycles. The molecule has 0 aliphatic heterocycles. The first-order chi connectivity index (χ1) is 6.46. The van der Waals surface area contributed by atoms with Crippen molar-refractivity contribution in [3.8, 4) is 0 Å². The van der Waals surface area contributed by atoms with E-state index in [-0.39, 0.29) is 18.0 Å². The fourth-order valence-corrected chi connectivity index (χ4v) is 1.35. The molecule has 0 spiro atoms. The lowest BCUT2D eigenvalue weighted by atomic mass is 9.98. The van der Waals surface area contributed by atoms with Crippen LogP contribution in [0.25, 0.3) is 0 Å². The van der Waals surface area contributed by atoms with Gasteiger partial charge in [-0.2, -0.15) is 0 Å². The van der Waals surface area contributed by atoms with Crippen molar-refractivity contribution in [1.82, 2.24) is 0 Å². The number of halogens is 3. The zero-order chi connectivity index (χ0) is 10.8. The number of hydrogen-bond donors (Lipinski definition) is 1. The average Bonchev–Trinajstić information content (AvgIpc) is 2.13. The molecule has 78 valence electrons. The van der Waals surface area contributed by atoms with Gasteiger partial charge in [0, 0.05) is 13.0 Å². The summed E-state index contributed by atoms with van der Waals surface area (Å²) in [5.74, 6) is -0.531. The number of benzene rings is 1. The van der Waals surface area contributed by atoms with Crippen molar-refractivity contribution in [3.05, 3.63) is 34.6 Å². The van der Waals surface area contributed by atoms with Gasteiger partial charge < -0.3 is 5.73 Å². The fourth-order valence-electron chi connectivity index (χ4n) is 1.15. The molecule has 0 amide bonds. The van der Waals surface area contributed by atoms with Gasteiger partial charge in [-0.1, -0.05) is 23.7 Å². The van der Waals surface area contributed by atoms with Crippen molar-refractivity contribution >= 4 is 11.6 Å². The molecule has 0 aliphatic carbocycles. The summed E-state index contributed by atoms with van der Waals surface area (Å²) in [4.78, 5) is 0. The van der Waals surface area contributed by atoms with Crippen molar-refractivity contribution in [2.24, 2.45) is 5.73 Å². The first kappa shape index (κ1) is 11.4. The minimum Gasteiger partial charge on any atom is -0.328 e. The lowest BCUT2D eigenvalue weighted by Gasteiger charge is -2.18. The zero-order valence-electron chi connectivity index (χ0n) is 7.86. The minimum atomic E-state index is -1.54. The van der Waals surface area contributed by atoms with E-state index in [0.717, 1.165) is 0 Å². The Bertz CT molecular complexity index is 326. The number of nitrogens with two attached hydrogens (primary N) is 1. The largest absolute Gasteiger partial charge is 0.328 e. The van der Waals surface area contributed by atoms with Crippen LogP contribution in [-0.4, -0.2) is 12.2 Å². The zero-order valence-corrected chi connectivity index (χ0v) is 8.61. The van der Waals surface area contributed by atoms with Crippen molar-refractivity contribution in [2.75, 3.05) is 6.54 Å². The van der Waals surface area contributed by atoms with Gasteiger partial charge in [0.25, 0.3) is 0 Å². The SMILES string of the molecule is CC(F)(CN)Cc1cccc(F)c1Cl. The maximum atomic E-state index is 13.5. The molecule has 1 rings (SSSR count). The summed E-state index contributed by atoms with van der Waals surface area (Å²) in [6.45, 7) is 1.26. The molecule has 0 fully saturated rings. The lowest BCUT2D eigenvalue weighted by molar-refractivity contribution is 0.200. The van der Waals surface area contributed by atoms with Crippen LogP contribution in [0.2, 0.25) is 5.02 Å². The van der Waals surface area contributed by atoms with Crippen molar-refractivity contribution < 1.29 is 8.78 Å². The average molecular weight is 220 g/mol. The third-order valence-electron chi connectivity index (χ3n) is 2.02. The predicted molar refractivity (Wildman–Crippen MR) is 53.7 cm³/mol. The van der Waals surface area contributed by atoms with Crippen LogP contribution in [0.1, 0.15) is 12.5 Å². The third-order valence-corrected chi connectivity index (χ3v) is 2.44. The maximum absolute atomic E-state index is 13.5. The summed E-state index contributed by atoms with van der Waals surface area (Å²) in [7, 11) is 0. The van der Waals surface area contributed by atoms with E-state index in [9.17, 15) is 8.78 Å². The number of hydrogen-bond acceptors (Lipinski definition) is 1. The van der Waals surface area contributed by atoms with Gasteiger partial charge in [0.2, 0.25) is 0 Å². The van der Waals surface area contributed by atoms with Crippen LogP contribution in [0, 0.1) is 5.82 Å². The normalized spacial score (nSPS) is 15.2. The summed E-state index contributed by atoms with van der Waals surface area (Å²) < 4.78 is 26.5. The van der Waals surface area contributed by atoms with E-state index in [1.165, 1.54) is 19.1 Å². The molecule has 0 aromatic heterocycles. The third kappa shape index (κ3) is 2.66. The van der Waals surface area contributed by atoms with Gasteiger partial charge in [0.05, 0.1) is 5.02 Å². The molecule has 1 atom stereocenters. The highest BCUT2D eigenvalue weighted by Crippen LogP contribution is 2.25. The summed E-state index contributed by atoms with van der Waals surface area (Å²) in [5, 5.41) is -0.0233. The van der Waals surface area contributed by atoms with Crippen LogP contribution in [-0.2, 0) is 6.42 Å². The fraction of sp³-hybridized carbons (Fsp3) is 0.400. The Morgan fingerprint density at radius 3 is 2.71 bits per heavy atom. The molecule has 1 nitrogen and oxygen atoms in total. The Morgan fingerprint density at radius 1 is 1.50 bits per heavy atom. The first-order valence-corrected chi connectivity index (χ1v) is 4.66. The van der Waals surface area contributed by atoms with E-state index in [1.807, 2.05) is 0 Å². The van der Waals surface area contributed by atoms with Crippen LogP contribution in [0.5, 0.6) is 0 Å². The molecule has 14 heavy (non-hydrogen) atoms. The Balaban J connectivity index is 2.92. The summed E-state index contributed by atoms with van der Waals surface area (Å²) in [5.41, 5.74) is 4.13. The molecule has 0 bridgehead atoms. The monoisotopic (exact) mass is 219 g/mol. The van der Waals surface area contributed by atoms with Gasteiger partial charge in [-0.3, -0.25) is 0 Å². The molecule has 1 aromatic rings. The minimum absolute atomic E-state index is 0.0233. The van der Waals surface area contributed by atoms with Gasteiger partial charge in [-0.15, -0.1) is 0 Å². The van der Waals surface area contributed by atoms with E-state index >= 15 is 0 Å². The maximum Gasteiger partial charge on any atom is 0.142 e. The smallest absolute Gasteiger partial charge is 0.142 e. The van der Waals surface area contributed by atoms with Crippen LogP contribution in [0.4, 0.5) is 8.78 Å². The van der Waals surface area contributed by atoms with Crippen molar-refractivity contribution in [2.45, 2.75) is 19.0 Å². The number of alkyl halides is 1. The Hall–Kier alpha value is -0.670. The van der Waals surface area contributed by atoms with Crippen LogP contribution in [0.3, 0.4) is 0 Å². The van der Waals surface area contributed by atoms with Crippen LogP contribution >= 0.6 is 11.6 Å². The van der Waals surface area contributed by atoms with Gasteiger partial charge in [-0.25, -0.2) is 8.78 Å². The van der Waals surface area contributed by atoms with Gasteiger partial charge in [-0.05, 0) is 18.6 Å². The first-order valence-electron chi connectivity index (χ1n) is 4.28. The molecule has 1 unspecified atom stereocenters. The molecule has 0 aliphatic rings. The molecule has 2 N–H and O–H groups in total. The van der Waals surface area contributed by atoms with E-state index in [4.69, 9.17) is 17.3 Å². The molecule has 0 radical (unpaired) electrons. The predicted octanol–water partition coefficient (Wildman–Crippen LogP) is 2.71. The van der Waals surface area contributed by atoms with E-state index in [1.54, 1.807) is 6.07 Å². The summed E-state index contributed by atoms with van der Waals surface area (Å²) >= 11 is 5.67. The van der Waals surface area contributed by atoms with E-state index in [0.29, 0.717) is 5.56 Å². The van der Waals surface area contributed by atoms with E-state index in [2.05, 4.69) is 0 Å². The molecular formula is C10H12ClF2N. The second-order valence-electron chi connectivity index (χ2n) is 3.51. The topological polar surface area (TPSA) is 26.0 Å². The lowest BCUT2D eigenvalue weighted by Crippen LogP contribution is -2.31. The Morgan fingerprint density at radius 2 is 2.14 bits per heavy atom. The highest BCUT2D eigenvalue weighted by atomic mass is 35.5. The number of rotatable bonds is 3. The molecule has 0 saturated carbocycles. The molecule has 4 heteroatoms. The molecular weight excluding hydrogens is 208 g/mol. The highest BCUT2D eigenvalue weighted by molar-refractivity contribution is 6.31. The van der Waals surface area contributed by atoms with Gasteiger partial charge in [0.15, 0.2) is 0 Å². The molecule has 1 aromatic carbocycles. The Kier molecular flexibility index (Phi) is 3.45. The quantitative estimate of drug-likeness (QED) is 0.831. The standard InChI is InChI=1S/C10H12ClF2N/c1-10(13,6-14)5-7-3-2-4-8(12)9(7)11/h2-4H,5-6,14H2,1H3. The second kappa shape index (κ2) is 4.24. The van der Waals surface area contributed by atoms with Gasteiger partial charge >= 0.3 is 0 Å². The van der Waals surface area contributed by atoms with Gasteiger partial charge in [0.1, 0.15) is 11.5 Å². The second-order valence-corrected chi connectivity index (χ2v) is 3.89. The van der Waals surface area contributed by atoms with E-state index < -0.39 is 11.5 Å². The van der Waals surface area contributed by atoms with Crippen molar-refractivity contribution in [1.29, 1.82) is 0 Å². The Labute approximate surface area is 86.9 Å². The van der Waals surface area contributed by atoms with Crippen LogP contribution < -0.4 is 5.73 Å². The van der Waals surface area contributed by atoms with Crippen molar-refractivity contribution in [3.63, 3.8) is 0 Å². The summed E-state index contributed by atoms with van der Waals surface area (Å²) in [6.07, 6.45) is 0.0279. The highest BCUT2D eigenvalue weighted by Gasteiger charge is 2.23. The summed E-state index contributed by atoms with van der Waals surface area (Å²) in [6, 6.07) is 4.34. The molecule has 0 heterocycles.